The molecule has 106 valence electrons. The van der Waals surface area contributed by atoms with Crippen molar-refractivity contribution in [3.8, 4) is 0 Å². The van der Waals surface area contributed by atoms with Crippen molar-refractivity contribution in [1.82, 2.24) is 4.90 Å². The first-order valence-corrected chi connectivity index (χ1v) is 7.19. The third-order valence-electron chi connectivity index (χ3n) is 4.85. The third-order valence-corrected chi connectivity index (χ3v) is 4.85. The molecule has 3 aliphatic rings. The van der Waals surface area contributed by atoms with Gasteiger partial charge < -0.3 is 5.73 Å². The summed E-state index contributed by atoms with van der Waals surface area (Å²) < 4.78 is 0. The molecule has 4 nitrogen and oxygen atoms in total. The lowest BCUT2D eigenvalue weighted by atomic mass is 9.66. The molecule has 4 rings (SSSR count). The number of hydrogen-bond donors (Lipinski definition) is 1. The fourth-order valence-corrected chi connectivity index (χ4v) is 3.91. The SMILES string of the molecule is CC(=O)C1C2CCN(CC2)C1(N)C(=O)c1ccccc1. The van der Waals surface area contributed by atoms with Crippen molar-refractivity contribution in [2.45, 2.75) is 25.4 Å². The Balaban J connectivity index is 2.03. The zero-order chi connectivity index (χ0) is 14.3. The molecule has 0 amide bonds. The van der Waals surface area contributed by atoms with Crippen molar-refractivity contribution in [2.75, 3.05) is 13.1 Å². The van der Waals surface area contributed by atoms with Gasteiger partial charge >= 0.3 is 0 Å². The summed E-state index contributed by atoms with van der Waals surface area (Å²) in [6.07, 6.45) is 1.93. The van der Waals surface area contributed by atoms with Crippen LogP contribution in [0.3, 0.4) is 0 Å². The van der Waals surface area contributed by atoms with Crippen LogP contribution in [-0.4, -0.2) is 35.2 Å². The summed E-state index contributed by atoms with van der Waals surface area (Å²) in [5.41, 5.74) is 5.95. The van der Waals surface area contributed by atoms with Gasteiger partial charge in [-0.1, -0.05) is 30.3 Å². The first-order valence-electron chi connectivity index (χ1n) is 7.19. The number of piperidine rings is 3. The maximum Gasteiger partial charge on any atom is 0.198 e. The molecule has 1 aromatic carbocycles. The Kier molecular flexibility index (Phi) is 3.22. The molecule has 2 atom stereocenters. The van der Waals surface area contributed by atoms with Crippen molar-refractivity contribution in [3.05, 3.63) is 35.9 Å². The fraction of sp³-hybridized carbons (Fsp3) is 0.500. The molecule has 0 spiro atoms. The van der Waals surface area contributed by atoms with Gasteiger partial charge in [-0.05, 0) is 25.7 Å². The Morgan fingerprint density at radius 2 is 1.80 bits per heavy atom. The number of nitrogens with zero attached hydrogens (tertiary/aromatic N) is 1. The van der Waals surface area contributed by atoms with Gasteiger partial charge in [0.1, 0.15) is 11.4 Å². The molecule has 3 heterocycles. The number of rotatable bonds is 3. The Morgan fingerprint density at radius 1 is 1.20 bits per heavy atom. The van der Waals surface area contributed by atoms with Crippen molar-refractivity contribution in [2.24, 2.45) is 17.6 Å². The average Bonchev–Trinajstić information content (AvgIpc) is 2.48. The van der Waals surface area contributed by atoms with Gasteiger partial charge in [0.25, 0.3) is 0 Å². The summed E-state index contributed by atoms with van der Waals surface area (Å²) in [5, 5.41) is 0. The smallest absolute Gasteiger partial charge is 0.198 e. The van der Waals surface area contributed by atoms with E-state index in [9.17, 15) is 9.59 Å². The summed E-state index contributed by atoms with van der Waals surface area (Å²) in [5.74, 6) is -0.221. The molecule has 20 heavy (non-hydrogen) atoms. The van der Waals surface area contributed by atoms with Crippen LogP contribution in [0.1, 0.15) is 30.1 Å². The predicted octanol–water partition coefficient (Wildman–Crippen LogP) is 1.46. The monoisotopic (exact) mass is 272 g/mol. The summed E-state index contributed by atoms with van der Waals surface area (Å²) in [6, 6.07) is 9.08. The molecule has 0 aliphatic carbocycles. The molecule has 2 N–H and O–H groups in total. The molecule has 3 fully saturated rings. The van der Waals surface area contributed by atoms with E-state index in [1.165, 1.54) is 0 Å². The lowest BCUT2D eigenvalue weighted by Crippen LogP contribution is -2.74. The van der Waals surface area contributed by atoms with Crippen LogP contribution < -0.4 is 5.73 Å². The van der Waals surface area contributed by atoms with Gasteiger partial charge in [0.2, 0.25) is 0 Å². The quantitative estimate of drug-likeness (QED) is 0.846. The molecule has 3 aliphatic heterocycles. The molecule has 0 saturated carbocycles. The number of ketones is 2. The number of fused-ring (bicyclic) bond motifs is 3. The molecule has 2 bridgehead atoms. The normalized spacial score (nSPS) is 35.8. The summed E-state index contributed by atoms with van der Waals surface area (Å²) >= 11 is 0. The van der Waals surface area contributed by atoms with E-state index in [-0.39, 0.29) is 23.4 Å². The topological polar surface area (TPSA) is 63.4 Å². The second-order valence-corrected chi connectivity index (χ2v) is 5.93. The maximum atomic E-state index is 12.9. The van der Waals surface area contributed by atoms with Crippen LogP contribution >= 0.6 is 0 Å². The van der Waals surface area contributed by atoms with E-state index in [1.807, 2.05) is 23.1 Å². The van der Waals surface area contributed by atoms with Crippen LogP contribution in [-0.2, 0) is 4.79 Å². The molecule has 1 aromatic rings. The van der Waals surface area contributed by atoms with E-state index in [4.69, 9.17) is 5.73 Å². The Morgan fingerprint density at radius 3 is 2.35 bits per heavy atom. The molecule has 0 aromatic heterocycles. The molecule has 2 unspecified atom stereocenters. The summed E-state index contributed by atoms with van der Waals surface area (Å²) in [4.78, 5) is 27.0. The van der Waals surface area contributed by atoms with E-state index in [1.54, 1.807) is 19.1 Å². The lowest BCUT2D eigenvalue weighted by molar-refractivity contribution is -0.136. The first-order chi connectivity index (χ1) is 9.55. The van der Waals surface area contributed by atoms with Crippen molar-refractivity contribution in [3.63, 3.8) is 0 Å². The van der Waals surface area contributed by atoms with E-state index in [0.29, 0.717) is 5.56 Å². The molecule has 4 heteroatoms. The van der Waals surface area contributed by atoms with Crippen LogP contribution in [0.5, 0.6) is 0 Å². The van der Waals surface area contributed by atoms with Crippen LogP contribution in [0, 0.1) is 11.8 Å². The third kappa shape index (κ3) is 1.83. The van der Waals surface area contributed by atoms with Crippen LogP contribution in [0.15, 0.2) is 30.3 Å². The van der Waals surface area contributed by atoms with Gasteiger partial charge in [0.15, 0.2) is 5.78 Å². The largest absolute Gasteiger partial charge is 0.306 e. The number of hydrogen-bond acceptors (Lipinski definition) is 4. The Labute approximate surface area is 118 Å². The number of Topliss-reactive ketones (excluding diaryl/α,β-unsaturated/α-hetero) is 2. The van der Waals surface area contributed by atoms with E-state index in [0.717, 1.165) is 25.9 Å². The van der Waals surface area contributed by atoms with Gasteiger partial charge in [-0.3, -0.25) is 14.5 Å². The minimum absolute atomic E-state index is 0.0335. The molecular weight excluding hydrogens is 252 g/mol. The highest BCUT2D eigenvalue weighted by Crippen LogP contribution is 2.43. The highest BCUT2D eigenvalue weighted by atomic mass is 16.1. The van der Waals surface area contributed by atoms with Gasteiger partial charge in [0, 0.05) is 18.7 Å². The van der Waals surface area contributed by atoms with Gasteiger partial charge in [0.05, 0.1) is 5.92 Å². The van der Waals surface area contributed by atoms with Crippen LogP contribution in [0.2, 0.25) is 0 Å². The predicted molar refractivity (Wildman–Crippen MR) is 76.2 cm³/mol. The zero-order valence-electron chi connectivity index (χ0n) is 11.7. The van der Waals surface area contributed by atoms with E-state index < -0.39 is 5.66 Å². The Hall–Kier alpha value is -1.52. The molecular formula is C16H20N2O2. The van der Waals surface area contributed by atoms with Crippen molar-refractivity contribution in [1.29, 1.82) is 0 Å². The zero-order valence-corrected chi connectivity index (χ0v) is 11.7. The number of carbonyl (C=O) groups excluding carboxylic acids is 2. The van der Waals surface area contributed by atoms with Crippen LogP contribution in [0.25, 0.3) is 0 Å². The lowest BCUT2D eigenvalue weighted by Gasteiger charge is -2.55. The first kappa shape index (κ1) is 13.5. The maximum absolute atomic E-state index is 12.9. The van der Waals surface area contributed by atoms with Gasteiger partial charge in [-0.15, -0.1) is 0 Å². The molecule has 3 saturated heterocycles. The highest BCUT2D eigenvalue weighted by Gasteiger charge is 2.57. The van der Waals surface area contributed by atoms with Gasteiger partial charge in [-0.2, -0.15) is 0 Å². The average molecular weight is 272 g/mol. The summed E-state index contributed by atoms with van der Waals surface area (Å²) in [6.45, 7) is 3.18. The minimum atomic E-state index is -1.16. The standard InChI is InChI=1S/C16H20N2O2/c1-11(19)14-12-7-9-18(10-8-12)16(14,17)15(20)13-5-3-2-4-6-13/h2-6,12,14H,7-10,17H2,1H3. The van der Waals surface area contributed by atoms with Gasteiger partial charge in [-0.25, -0.2) is 0 Å². The Bertz CT molecular complexity index is 535. The van der Waals surface area contributed by atoms with E-state index >= 15 is 0 Å². The number of benzene rings is 1. The second-order valence-electron chi connectivity index (χ2n) is 5.93. The van der Waals surface area contributed by atoms with E-state index in [2.05, 4.69) is 0 Å². The summed E-state index contributed by atoms with van der Waals surface area (Å²) in [7, 11) is 0. The minimum Gasteiger partial charge on any atom is -0.306 e. The highest BCUT2D eigenvalue weighted by molar-refractivity contribution is 6.06. The number of nitrogens with two attached hydrogens (primary N) is 1. The molecule has 0 radical (unpaired) electrons. The fourth-order valence-electron chi connectivity index (χ4n) is 3.91. The second kappa shape index (κ2) is 4.79. The number of carbonyl (C=O) groups is 2. The van der Waals surface area contributed by atoms with Crippen molar-refractivity contribution >= 4 is 11.6 Å². The van der Waals surface area contributed by atoms with Crippen molar-refractivity contribution < 1.29 is 9.59 Å². The van der Waals surface area contributed by atoms with Crippen LogP contribution in [0.4, 0.5) is 0 Å².